The lowest BCUT2D eigenvalue weighted by atomic mass is 9.77. The Bertz CT molecular complexity index is 1610. The summed E-state index contributed by atoms with van der Waals surface area (Å²) in [6.45, 7) is 1.40. The van der Waals surface area contributed by atoms with Gasteiger partial charge in [-0.05, 0) is 79.3 Å². The van der Waals surface area contributed by atoms with Crippen LogP contribution in [0.25, 0.3) is 6.08 Å². The number of amides is 1. The lowest BCUT2D eigenvalue weighted by Gasteiger charge is -2.29. The molecule has 12 heteroatoms. The van der Waals surface area contributed by atoms with Gasteiger partial charge in [-0.1, -0.05) is 12.1 Å². The molecule has 3 aromatic rings. The highest BCUT2D eigenvalue weighted by Crippen LogP contribution is 2.47. The molecule has 3 aliphatic heterocycles. The van der Waals surface area contributed by atoms with Crippen molar-refractivity contribution in [3.63, 3.8) is 0 Å². The third kappa shape index (κ3) is 4.56. The maximum Gasteiger partial charge on any atom is 0.435 e. The first-order valence-electron chi connectivity index (χ1n) is 13.3. The van der Waals surface area contributed by atoms with Crippen molar-refractivity contribution >= 4 is 17.7 Å². The van der Waals surface area contributed by atoms with E-state index in [-0.39, 0.29) is 31.7 Å². The van der Waals surface area contributed by atoms with Gasteiger partial charge in [0, 0.05) is 11.6 Å². The Morgan fingerprint density at radius 1 is 1.00 bits per heavy atom. The van der Waals surface area contributed by atoms with Gasteiger partial charge in [-0.15, -0.1) is 0 Å². The number of fused-ring (bicyclic) bond motifs is 3. The number of hydrogen-bond donors (Lipinski definition) is 0. The van der Waals surface area contributed by atoms with E-state index in [0.29, 0.717) is 23.0 Å². The van der Waals surface area contributed by atoms with Crippen LogP contribution in [-0.2, 0) is 17.5 Å². The Labute approximate surface area is 232 Å². The molecule has 1 amide bonds. The topological polar surface area (TPSA) is 87.4 Å². The highest BCUT2D eigenvalue weighted by atomic mass is 19.4. The number of halogens is 3. The lowest BCUT2D eigenvalue weighted by molar-refractivity contribution is -0.142. The molecule has 212 valence electrons. The summed E-state index contributed by atoms with van der Waals surface area (Å²) < 4.78 is 62.9. The summed E-state index contributed by atoms with van der Waals surface area (Å²) in [4.78, 5) is 13.8. The summed E-state index contributed by atoms with van der Waals surface area (Å²) in [7, 11) is 0. The normalized spacial score (nSPS) is 21.8. The summed E-state index contributed by atoms with van der Waals surface area (Å²) in [6.07, 6.45) is -0.112. The summed E-state index contributed by atoms with van der Waals surface area (Å²) in [5.41, 5.74) is 2.71. The van der Waals surface area contributed by atoms with Crippen LogP contribution in [0, 0.1) is 12.8 Å². The van der Waals surface area contributed by atoms with Gasteiger partial charge in [-0.2, -0.15) is 23.4 Å². The molecule has 7 rings (SSSR count). The maximum absolute atomic E-state index is 13.8. The van der Waals surface area contributed by atoms with Crippen LogP contribution in [0.1, 0.15) is 47.8 Å². The fourth-order valence-corrected chi connectivity index (χ4v) is 5.85. The minimum Gasteiger partial charge on any atom is -0.454 e. The van der Waals surface area contributed by atoms with Crippen LogP contribution >= 0.6 is 0 Å². The van der Waals surface area contributed by atoms with Gasteiger partial charge in [0.15, 0.2) is 28.7 Å². The standard InChI is InChI=1S/C29H25F3N4O5/c1-16-9-25(29(30,31)32)33-35(16)13-26(37)36-28(19-6-8-22-24(12-19)41-15-39-22)20-4-2-3-18(27(20)34-36)10-17-5-7-21-23(11-17)40-14-38-21/h5-12,20,28H,2-4,13-15H2,1H3/b18-10+. The number of alkyl halides is 3. The third-order valence-electron chi connectivity index (χ3n) is 7.79. The summed E-state index contributed by atoms with van der Waals surface area (Å²) >= 11 is 0. The second kappa shape index (κ2) is 9.57. The summed E-state index contributed by atoms with van der Waals surface area (Å²) in [6, 6.07) is 11.7. The number of aromatic nitrogens is 2. The molecule has 4 heterocycles. The minimum absolute atomic E-state index is 0.111. The highest BCUT2D eigenvalue weighted by Gasteiger charge is 2.44. The molecule has 0 bridgehead atoms. The van der Waals surface area contributed by atoms with Crippen molar-refractivity contribution in [2.24, 2.45) is 11.0 Å². The van der Waals surface area contributed by atoms with Gasteiger partial charge in [0.05, 0.1) is 11.8 Å². The molecule has 0 saturated heterocycles. The van der Waals surface area contributed by atoms with E-state index in [9.17, 15) is 18.0 Å². The highest BCUT2D eigenvalue weighted by molar-refractivity contribution is 6.08. The zero-order valence-electron chi connectivity index (χ0n) is 22.0. The summed E-state index contributed by atoms with van der Waals surface area (Å²) in [5, 5.41) is 9.89. The van der Waals surface area contributed by atoms with E-state index in [1.54, 1.807) is 6.07 Å². The van der Waals surface area contributed by atoms with Gasteiger partial charge in [0.25, 0.3) is 5.91 Å². The number of rotatable bonds is 4. The Kier molecular flexibility index (Phi) is 5.95. The molecule has 1 saturated carbocycles. The lowest BCUT2D eigenvalue weighted by Crippen LogP contribution is -2.34. The first-order valence-corrected chi connectivity index (χ1v) is 13.3. The number of ether oxygens (including phenoxy) is 4. The van der Waals surface area contributed by atoms with Gasteiger partial charge in [-0.3, -0.25) is 9.48 Å². The molecule has 2 unspecified atom stereocenters. The van der Waals surface area contributed by atoms with Crippen LogP contribution in [0.15, 0.2) is 53.1 Å². The first kappa shape index (κ1) is 25.5. The molecular weight excluding hydrogens is 541 g/mol. The molecule has 9 nitrogen and oxygen atoms in total. The van der Waals surface area contributed by atoms with Crippen molar-refractivity contribution < 1.29 is 36.9 Å². The van der Waals surface area contributed by atoms with E-state index >= 15 is 0 Å². The predicted molar refractivity (Wildman–Crippen MR) is 139 cm³/mol. The molecule has 0 radical (unpaired) electrons. The van der Waals surface area contributed by atoms with Gasteiger partial charge in [0.1, 0.15) is 6.54 Å². The number of hydrogen-bond acceptors (Lipinski definition) is 7. The number of carbonyl (C=O) groups is 1. The van der Waals surface area contributed by atoms with E-state index < -0.39 is 23.8 Å². The number of aryl methyl sites for hydroxylation is 1. The smallest absolute Gasteiger partial charge is 0.435 e. The zero-order valence-corrected chi connectivity index (χ0v) is 22.0. The molecule has 2 aromatic carbocycles. The van der Waals surface area contributed by atoms with Crippen LogP contribution in [0.5, 0.6) is 23.0 Å². The van der Waals surface area contributed by atoms with Crippen LogP contribution in [0.4, 0.5) is 13.2 Å². The Balaban J connectivity index is 1.25. The number of allylic oxidation sites excluding steroid dienone is 1. The molecule has 41 heavy (non-hydrogen) atoms. The predicted octanol–water partition coefficient (Wildman–Crippen LogP) is 5.49. The number of nitrogens with zero attached hydrogens (tertiary/aromatic N) is 4. The third-order valence-corrected chi connectivity index (χ3v) is 7.79. The molecule has 1 fully saturated rings. The Morgan fingerprint density at radius 3 is 2.44 bits per heavy atom. The number of hydrazone groups is 1. The fraction of sp³-hybridized carbons (Fsp3) is 0.345. The van der Waals surface area contributed by atoms with Crippen LogP contribution in [0.2, 0.25) is 0 Å². The van der Waals surface area contributed by atoms with Gasteiger partial charge in [-0.25, -0.2) is 5.01 Å². The second-order valence-corrected chi connectivity index (χ2v) is 10.4. The molecule has 0 spiro atoms. The Hall–Kier alpha value is -4.48. The molecule has 4 aliphatic rings. The van der Waals surface area contributed by atoms with Crippen molar-refractivity contribution in [3.05, 3.63) is 70.6 Å². The average Bonchev–Trinajstić information content (AvgIpc) is 3.73. The maximum atomic E-state index is 13.8. The van der Waals surface area contributed by atoms with Crippen molar-refractivity contribution in [2.75, 3.05) is 13.6 Å². The Morgan fingerprint density at radius 2 is 1.71 bits per heavy atom. The van der Waals surface area contributed by atoms with Crippen molar-refractivity contribution in [3.8, 4) is 23.0 Å². The van der Waals surface area contributed by atoms with Crippen LogP contribution < -0.4 is 18.9 Å². The number of benzene rings is 2. The molecule has 0 N–H and O–H groups in total. The largest absolute Gasteiger partial charge is 0.454 e. The SMILES string of the molecule is Cc1cc(C(F)(F)F)nn1CC(=O)N1N=C2/C(=C/c3ccc4c(c3)OCO4)CCCC2C1c1ccc2c(c1)OCO2. The second-order valence-electron chi connectivity index (χ2n) is 10.4. The monoisotopic (exact) mass is 566 g/mol. The van der Waals surface area contributed by atoms with Crippen molar-refractivity contribution in [1.29, 1.82) is 0 Å². The van der Waals surface area contributed by atoms with Gasteiger partial charge in [0.2, 0.25) is 13.6 Å². The van der Waals surface area contributed by atoms with Gasteiger partial charge >= 0.3 is 6.18 Å². The van der Waals surface area contributed by atoms with Gasteiger partial charge < -0.3 is 18.9 Å². The van der Waals surface area contributed by atoms with Crippen molar-refractivity contribution in [1.82, 2.24) is 14.8 Å². The minimum atomic E-state index is -4.61. The van der Waals surface area contributed by atoms with E-state index in [2.05, 4.69) is 5.10 Å². The zero-order chi connectivity index (χ0) is 28.3. The van der Waals surface area contributed by atoms with Crippen LogP contribution in [0.3, 0.4) is 0 Å². The van der Waals surface area contributed by atoms with E-state index in [4.69, 9.17) is 24.0 Å². The molecule has 1 aliphatic carbocycles. The molecular formula is C29H25F3N4O5. The number of carbonyl (C=O) groups excluding carboxylic acids is 1. The van der Waals surface area contributed by atoms with E-state index in [1.807, 2.05) is 36.4 Å². The van der Waals surface area contributed by atoms with Crippen LogP contribution in [-0.4, -0.2) is 40.0 Å². The van der Waals surface area contributed by atoms with E-state index in [0.717, 1.165) is 52.4 Å². The molecule has 1 aromatic heterocycles. The van der Waals surface area contributed by atoms with E-state index in [1.165, 1.54) is 11.9 Å². The molecule has 2 atom stereocenters. The summed E-state index contributed by atoms with van der Waals surface area (Å²) in [5.74, 6) is 1.98. The van der Waals surface area contributed by atoms with Crippen molar-refractivity contribution in [2.45, 2.75) is 44.9 Å². The average molecular weight is 567 g/mol. The quantitative estimate of drug-likeness (QED) is 0.415. The first-order chi connectivity index (χ1) is 19.7. The fourth-order valence-electron chi connectivity index (χ4n) is 5.85.